The Labute approximate surface area is 83.5 Å². The summed E-state index contributed by atoms with van der Waals surface area (Å²) in [6, 6.07) is 8.30. The maximum absolute atomic E-state index is 10.2. The zero-order chi connectivity index (χ0) is 6.69. The van der Waals surface area contributed by atoms with Crippen LogP contribution >= 0.6 is 0 Å². The van der Waals surface area contributed by atoms with Gasteiger partial charge in [0.2, 0.25) is 0 Å². The van der Waals surface area contributed by atoms with Crippen molar-refractivity contribution in [3.63, 3.8) is 0 Å². The molecule has 11 heavy (non-hydrogen) atoms. The van der Waals surface area contributed by atoms with Gasteiger partial charge in [-0.25, -0.2) is 4.79 Å². The first-order valence-corrected chi connectivity index (χ1v) is 2.59. The third kappa shape index (κ3) is 3.97. The van der Waals surface area contributed by atoms with E-state index in [-0.39, 0.29) is 31.4 Å². The predicted molar refractivity (Wildman–Crippen MR) is 45.0 cm³/mol. The van der Waals surface area contributed by atoms with Gasteiger partial charge in [0.25, 0.3) is 0 Å². The number of carbonyl (C=O) groups is 1. The molecule has 1 rings (SSSR count). The van der Waals surface area contributed by atoms with Crippen molar-refractivity contribution < 1.29 is 18.2 Å². The Morgan fingerprint density at radius 1 is 1.27 bits per heavy atom. The average Bonchev–Trinajstić information content (AvgIpc) is 1.90. The zero-order valence-electron chi connectivity index (χ0n) is 7.95. The van der Waals surface area contributed by atoms with Gasteiger partial charge in [0.1, 0.15) is 0 Å². The van der Waals surface area contributed by atoms with Crippen molar-refractivity contribution in [2.45, 2.75) is 0 Å². The Balaban J connectivity index is -0.000000101. The van der Waals surface area contributed by atoms with Gasteiger partial charge in [-0.15, -0.1) is 0 Å². The molecule has 1 aromatic carbocycles. The minimum Gasteiger partial charge on any atom is -1.00 e. The maximum atomic E-state index is 10.2. The van der Waals surface area contributed by atoms with Crippen molar-refractivity contribution in [2.24, 2.45) is 0 Å². The summed E-state index contributed by atoms with van der Waals surface area (Å²) in [6.07, 6.45) is 0. The summed E-state index contributed by atoms with van der Waals surface area (Å²) in [5.41, 5.74) is 0.331. The molecule has 0 unspecified atom stereocenters. The van der Waals surface area contributed by atoms with Gasteiger partial charge < -0.3 is 13.4 Å². The van der Waals surface area contributed by atoms with E-state index in [9.17, 15) is 4.79 Å². The van der Waals surface area contributed by atoms with Crippen LogP contribution in [0.25, 0.3) is 0 Å². The quantitative estimate of drug-likeness (QED) is 0.614. The van der Waals surface area contributed by atoms with Crippen LogP contribution in [-0.2, 0) is 0 Å². The number of hydrogen-bond donors (Lipinski definition) is 1. The maximum Gasteiger partial charge on any atom is 2.00 e. The van der Waals surface area contributed by atoms with Crippen LogP contribution in [0.3, 0.4) is 0 Å². The second-order valence-electron chi connectivity index (χ2n) is 1.67. The molecule has 0 aliphatic rings. The van der Waals surface area contributed by atoms with Crippen LogP contribution in [0, 0.1) is 0 Å². The molecule has 0 bridgehead atoms. The summed E-state index contributed by atoms with van der Waals surface area (Å²) >= 11 is 0. The second kappa shape index (κ2) is 6.15. The molecule has 4 heteroatoms. The van der Waals surface area contributed by atoms with E-state index in [0.717, 1.165) is 0 Å². The summed E-state index contributed by atoms with van der Waals surface area (Å²) in [4.78, 5) is 10.2. The SMILES string of the molecule is O.O=C(O)c1ccccc1.[H-].[H-].[Mg+2]. The van der Waals surface area contributed by atoms with E-state index in [2.05, 4.69) is 0 Å². The van der Waals surface area contributed by atoms with E-state index in [1.807, 2.05) is 0 Å². The fraction of sp³-hybridized carbons (Fsp3) is 0. The van der Waals surface area contributed by atoms with Crippen molar-refractivity contribution in [1.29, 1.82) is 0 Å². The molecule has 0 atom stereocenters. The van der Waals surface area contributed by atoms with Gasteiger partial charge in [-0.3, -0.25) is 0 Å². The number of hydrogen-bond acceptors (Lipinski definition) is 1. The molecule has 0 aliphatic carbocycles. The Bertz CT molecular complexity index is 218. The van der Waals surface area contributed by atoms with Gasteiger partial charge in [-0.1, -0.05) is 18.2 Å². The fourth-order valence-electron chi connectivity index (χ4n) is 0.581. The number of carboxylic acids is 1. The van der Waals surface area contributed by atoms with Crippen molar-refractivity contribution >= 4 is 29.0 Å². The molecule has 0 aromatic heterocycles. The Hall–Kier alpha value is -0.584. The first-order chi connectivity index (χ1) is 4.30. The fourth-order valence-corrected chi connectivity index (χ4v) is 0.581. The minimum atomic E-state index is -0.879. The van der Waals surface area contributed by atoms with E-state index >= 15 is 0 Å². The normalized spacial score (nSPS) is 7.27. The topological polar surface area (TPSA) is 68.8 Å². The molecule has 0 spiro atoms. The van der Waals surface area contributed by atoms with Gasteiger partial charge in [0, 0.05) is 0 Å². The summed E-state index contributed by atoms with van der Waals surface area (Å²) in [5.74, 6) is -0.879. The Morgan fingerprint density at radius 2 is 1.73 bits per heavy atom. The number of carboxylic acid groups (broad SMARTS) is 1. The average molecular weight is 166 g/mol. The molecule has 0 saturated carbocycles. The van der Waals surface area contributed by atoms with Crippen LogP contribution in [-0.4, -0.2) is 39.6 Å². The summed E-state index contributed by atoms with van der Waals surface area (Å²) in [6.45, 7) is 0. The molecule has 0 heterocycles. The van der Waals surface area contributed by atoms with Crippen LogP contribution in [0.2, 0.25) is 0 Å². The minimum absolute atomic E-state index is 0. The third-order valence-corrected chi connectivity index (χ3v) is 1.02. The van der Waals surface area contributed by atoms with Gasteiger partial charge >= 0.3 is 29.0 Å². The molecular formula is C7H10MgO3. The molecule has 1 aromatic rings. The van der Waals surface area contributed by atoms with Crippen LogP contribution in [0.15, 0.2) is 30.3 Å². The van der Waals surface area contributed by atoms with E-state index in [4.69, 9.17) is 5.11 Å². The van der Waals surface area contributed by atoms with Crippen LogP contribution < -0.4 is 0 Å². The van der Waals surface area contributed by atoms with Crippen molar-refractivity contribution in [2.75, 3.05) is 0 Å². The van der Waals surface area contributed by atoms with E-state index < -0.39 is 5.97 Å². The van der Waals surface area contributed by atoms with Crippen molar-refractivity contribution in [3.05, 3.63) is 35.9 Å². The van der Waals surface area contributed by atoms with Crippen molar-refractivity contribution in [3.8, 4) is 0 Å². The summed E-state index contributed by atoms with van der Waals surface area (Å²) < 4.78 is 0. The van der Waals surface area contributed by atoms with Gasteiger partial charge in [-0.2, -0.15) is 0 Å². The molecule has 58 valence electrons. The Morgan fingerprint density at radius 3 is 2.00 bits per heavy atom. The standard InChI is InChI=1S/C7H6O2.Mg.H2O.2H/c8-7(9)6-4-2-1-3-5-6;;;;/h1-5H,(H,8,9);;1H2;;/q;+2;;2*-1. The summed E-state index contributed by atoms with van der Waals surface area (Å²) in [5, 5.41) is 8.38. The largest absolute Gasteiger partial charge is 2.00 e. The molecule has 0 fully saturated rings. The zero-order valence-corrected chi connectivity index (χ0v) is 7.36. The molecule has 0 radical (unpaired) electrons. The Kier molecular flexibility index (Phi) is 7.29. The molecule has 3 nitrogen and oxygen atoms in total. The number of rotatable bonds is 1. The number of benzene rings is 1. The van der Waals surface area contributed by atoms with Crippen molar-refractivity contribution in [1.82, 2.24) is 0 Å². The molecular weight excluding hydrogens is 156 g/mol. The van der Waals surface area contributed by atoms with Gasteiger partial charge in [0.05, 0.1) is 5.56 Å². The molecule has 3 N–H and O–H groups in total. The smallest absolute Gasteiger partial charge is 1.00 e. The third-order valence-electron chi connectivity index (χ3n) is 1.02. The predicted octanol–water partition coefficient (Wildman–Crippen LogP) is 0.404. The van der Waals surface area contributed by atoms with Crippen LogP contribution in [0.5, 0.6) is 0 Å². The van der Waals surface area contributed by atoms with E-state index in [1.54, 1.807) is 30.3 Å². The molecule has 0 aliphatic heterocycles. The molecule has 0 amide bonds. The van der Waals surface area contributed by atoms with Crippen LogP contribution in [0.1, 0.15) is 13.2 Å². The molecule has 0 saturated heterocycles. The van der Waals surface area contributed by atoms with Crippen LogP contribution in [0.4, 0.5) is 0 Å². The number of aromatic carboxylic acids is 1. The monoisotopic (exact) mass is 166 g/mol. The van der Waals surface area contributed by atoms with E-state index in [1.165, 1.54) is 0 Å². The first-order valence-electron chi connectivity index (χ1n) is 2.59. The first kappa shape index (κ1) is 13.0. The second-order valence-corrected chi connectivity index (χ2v) is 1.67. The van der Waals surface area contributed by atoms with E-state index in [0.29, 0.717) is 5.56 Å². The summed E-state index contributed by atoms with van der Waals surface area (Å²) in [7, 11) is 0. The van der Waals surface area contributed by atoms with Gasteiger partial charge in [0.15, 0.2) is 0 Å². The van der Waals surface area contributed by atoms with Gasteiger partial charge in [-0.05, 0) is 12.1 Å².